The molecule has 0 atom stereocenters. The second-order valence-electron chi connectivity index (χ2n) is 7.79. The first-order valence-corrected chi connectivity index (χ1v) is 11.5. The van der Waals surface area contributed by atoms with Crippen LogP contribution in [0.1, 0.15) is 52.8 Å². The number of aromatic nitrogens is 1. The molecule has 0 bridgehead atoms. The molecule has 0 aliphatic heterocycles. The number of methoxy groups -OCH3 is 1. The molecule has 0 saturated heterocycles. The smallest absolute Gasteiger partial charge is 0.254 e. The van der Waals surface area contributed by atoms with Gasteiger partial charge in [-0.3, -0.25) is 4.79 Å². The van der Waals surface area contributed by atoms with Gasteiger partial charge in [0, 0.05) is 31.2 Å². The average molecular weight is 457 g/mol. The molecule has 1 amide bonds. The number of carbonyl (C=O) groups is 1. The quantitative estimate of drug-likeness (QED) is 0.349. The van der Waals surface area contributed by atoms with Crippen molar-refractivity contribution in [3.63, 3.8) is 0 Å². The molecule has 7 heteroatoms. The van der Waals surface area contributed by atoms with E-state index in [1.54, 1.807) is 12.0 Å². The summed E-state index contributed by atoms with van der Waals surface area (Å²) in [4.78, 5) is 19.4. The number of amides is 1. The van der Waals surface area contributed by atoms with Crippen LogP contribution in [0.25, 0.3) is 0 Å². The van der Waals surface area contributed by atoms with Crippen molar-refractivity contribution in [3.8, 4) is 5.75 Å². The summed E-state index contributed by atoms with van der Waals surface area (Å²) >= 11 is 1.51. The lowest BCUT2D eigenvalue weighted by Crippen LogP contribution is -2.32. The van der Waals surface area contributed by atoms with Crippen molar-refractivity contribution in [2.75, 3.05) is 20.3 Å². The minimum absolute atomic E-state index is 0.155. The number of para-hydroxylation sites is 1. The SMILES string of the molecule is COCCCN(Cc1csc(COc2ccccc2C(C)C)n1)C(=O)c1ccc(F)cc1. The molecular weight excluding hydrogens is 427 g/mol. The molecular formula is C25H29FN2O3S. The van der Waals surface area contributed by atoms with Crippen LogP contribution in [0.3, 0.4) is 0 Å². The molecule has 1 aromatic heterocycles. The molecule has 0 aliphatic carbocycles. The van der Waals surface area contributed by atoms with Crippen LogP contribution in [0.15, 0.2) is 53.9 Å². The van der Waals surface area contributed by atoms with Gasteiger partial charge in [-0.25, -0.2) is 9.37 Å². The minimum Gasteiger partial charge on any atom is -0.486 e. The summed E-state index contributed by atoms with van der Waals surface area (Å²) in [6, 6.07) is 13.6. The monoisotopic (exact) mass is 456 g/mol. The van der Waals surface area contributed by atoms with E-state index in [9.17, 15) is 9.18 Å². The van der Waals surface area contributed by atoms with Gasteiger partial charge in [-0.2, -0.15) is 0 Å². The normalized spacial score (nSPS) is 11.0. The Labute approximate surface area is 192 Å². The fourth-order valence-corrected chi connectivity index (χ4v) is 4.04. The number of benzene rings is 2. The highest BCUT2D eigenvalue weighted by Crippen LogP contribution is 2.27. The summed E-state index contributed by atoms with van der Waals surface area (Å²) in [6.07, 6.45) is 0.704. The lowest BCUT2D eigenvalue weighted by molar-refractivity contribution is 0.0721. The lowest BCUT2D eigenvalue weighted by Gasteiger charge is -2.22. The number of nitrogens with zero attached hydrogens (tertiary/aromatic N) is 2. The van der Waals surface area contributed by atoms with E-state index < -0.39 is 0 Å². The molecule has 3 rings (SSSR count). The molecule has 170 valence electrons. The van der Waals surface area contributed by atoms with Gasteiger partial charge in [0.05, 0.1) is 12.2 Å². The van der Waals surface area contributed by atoms with Crippen molar-refractivity contribution in [1.29, 1.82) is 0 Å². The maximum Gasteiger partial charge on any atom is 0.254 e. The number of rotatable bonds is 11. The average Bonchev–Trinajstić information content (AvgIpc) is 3.24. The van der Waals surface area contributed by atoms with Crippen molar-refractivity contribution in [2.24, 2.45) is 0 Å². The molecule has 1 heterocycles. The molecule has 3 aromatic rings. The number of halogens is 1. The van der Waals surface area contributed by atoms with Gasteiger partial charge >= 0.3 is 0 Å². The third-order valence-electron chi connectivity index (χ3n) is 5.00. The second kappa shape index (κ2) is 11.7. The van der Waals surface area contributed by atoms with Crippen LogP contribution in [-0.4, -0.2) is 36.1 Å². The minimum atomic E-state index is -0.365. The van der Waals surface area contributed by atoms with Crippen LogP contribution in [0.5, 0.6) is 5.75 Å². The van der Waals surface area contributed by atoms with Crippen LogP contribution >= 0.6 is 11.3 Å². The van der Waals surface area contributed by atoms with Gasteiger partial charge in [-0.05, 0) is 48.2 Å². The van der Waals surface area contributed by atoms with E-state index in [0.717, 1.165) is 16.5 Å². The predicted octanol–water partition coefficient (Wildman–Crippen LogP) is 5.66. The van der Waals surface area contributed by atoms with Crippen molar-refractivity contribution in [2.45, 2.75) is 39.3 Å². The Hall–Kier alpha value is -2.77. The van der Waals surface area contributed by atoms with E-state index in [-0.39, 0.29) is 11.7 Å². The fourth-order valence-electron chi connectivity index (χ4n) is 3.34. The molecule has 0 saturated carbocycles. The van der Waals surface area contributed by atoms with Crippen molar-refractivity contribution >= 4 is 17.2 Å². The number of thiazole rings is 1. The Bertz CT molecular complexity index is 1000. The Balaban J connectivity index is 1.67. The Morgan fingerprint density at radius 3 is 2.62 bits per heavy atom. The number of hydrogen-bond donors (Lipinski definition) is 0. The topological polar surface area (TPSA) is 51.7 Å². The Morgan fingerprint density at radius 2 is 1.91 bits per heavy atom. The fraction of sp³-hybridized carbons (Fsp3) is 0.360. The van der Waals surface area contributed by atoms with Crippen LogP contribution in [0, 0.1) is 5.82 Å². The van der Waals surface area contributed by atoms with Crippen LogP contribution < -0.4 is 4.74 Å². The highest BCUT2D eigenvalue weighted by atomic mass is 32.1. The van der Waals surface area contributed by atoms with E-state index in [0.29, 0.717) is 44.2 Å². The summed E-state index contributed by atoms with van der Waals surface area (Å²) in [6.45, 7) is 6.11. The van der Waals surface area contributed by atoms with Crippen molar-refractivity contribution in [1.82, 2.24) is 9.88 Å². The number of hydrogen-bond acceptors (Lipinski definition) is 5. The molecule has 2 aromatic carbocycles. The molecule has 0 radical (unpaired) electrons. The van der Waals surface area contributed by atoms with Crippen LogP contribution in [0.4, 0.5) is 4.39 Å². The molecule has 0 aliphatic rings. The zero-order chi connectivity index (χ0) is 22.9. The zero-order valence-corrected chi connectivity index (χ0v) is 19.5. The Kier molecular flexibility index (Phi) is 8.76. The van der Waals surface area contributed by atoms with E-state index in [1.165, 1.54) is 41.2 Å². The predicted molar refractivity (Wildman–Crippen MR) is 125 cm³/mol. The largest absolute Gasteiger partial charge is 0.486 e. The van der Waals surface area contributed by atoms with Crippen LogP contribution in [0.2, 0.25) is 0 Å². The van der Waals surface area contributed by atoms with Gasteiger partial charge in [0.15, 0.2) is 0 Å². The molecule has 0 fully saturated rings. The van der Waals surface area contributed by atoms with Gasteiger partial charge < -0.3 is 14.4 Å². The van der Waals surface area contributed by atoms with Gasteiger partial charge in [0.2, 0.25) is 0 Å². The molecule has 32 heavy (non-hydrogen) atoms. The first-order chi connectivity index (χ1) is 15.5. The van der Waals surface area contributed by atoms with Gasteiger partial charge in [0.25, 0.3) is 5.91 Å². The van der Waals surface area contributed by atoms with Crippen LogP contribution in [-0.2, 0) is 17.9 Å². The van der Waals surface area contributed by atoms with E-state index in [4.69, 9.17) is 9.47 Å². The summed E-state index contributed by atoms with van der Waals surface area (Å²) in [5.74, 6) is 0.719. The van der Waals surface area contributed by atoms with Gasteiger partial charge in [-0.15, -0.1) is 11.3 Å². The number of carbonyl (C=O) groups excluding carboxylic acids is 1. The maximum absolute atomic E-state index is 13.3. The zero-order valence-electron chi connectivity index (χ0n) is 18.7. The van der Waals surface area contributed by atoms with Gasteiger partial charge in [0.1, 0.15) is 23.2 Å². The highest BCUT2D eigenvalue weighted by molar-refractivity contribution is 7.09. The van der Waals surface area contributed by atoms with E-state index in [2.05, 4.69) is 24.9 Å². The highest BCUT2D eigenvalue weighted by Gasteiger charge is 2.18. The third kappa shape index (κ3) is 6.61. The number of ether oxygens (including phenoxy) is 2. The summed E-state index contributed by atoms with van der Waals surface area (Å²) < 4.78 is 24.4. The van der Waals surface area contributed by atoms with Crippen molar-refractivity contribution < 1.29 is 18.7 Å². The first-order valence-electron chi connectivity index (χ1n) is 10.7. The third-order valence-corrected chi connectivity index (χ3v) is 5.87. The summed E-state index contributed by atoms with van der Waals surface area (Å²) in [5.41, 5.74) is 2.42. The first kappa shape index (κ1) is 23.9. The summed E-state index contributed by atoms with van der Waals surface area (Å²) in [7, 11) is 1.64. The summed E-state index contributed by atoms with van der Waals surface area (Å²) in [5, 5.41) is 2.80. The van der Waals surface area contributed by atoms with E-state index >= 15 is 0 Å². The molecule has 0 N–H and O–H groups in total. The standard InChI is InChI=1S/C25H29FN2O3S/c1-18(2)22-7-4-5-8-23(22)31-16-24-27-21(17-32-24)15-28(13-6-14-30-3)25(29)19-9-11-20(26)12-10-19/h4-5,7-12,17-18H,6,13-16H2,1-3H3. The second-order valence-corrected chi connectivity index (χ2v) is 8.74. The maximum atomic E-state index is 13.3. The Morgan fingerprint density at radius 1 is 1.16 bits per heavy atom. The molecule has 5 nitrogen and oxygen atoms in total. The van der Waals surface area contributed by atoms with Gasteiger partial charge in [-0.1, -0.05) is 32.0 Å². The van der Waals surface area contributed by atoms with Crippen molar-refractivity contribution in [3.05, 3.63) is 81.6 Å². The molecule has 0 unspecified atom stereocenters. The lowest BCUT2D eigenvalue weighted by atomic mass is 10.0. The van der Waals surface area contributed by atoms with E-state index in [1.807, 2.05) is 23.6 Å². The molecule has 0 spiro atoms.